The van der Waals surface area contributed by atoms with Crippen LogP contribution in [0.5, 0.6) is 0 Å². The Hall–Kier alpha value is -1.35. The van der Waals surface area contributed by atoms with E-state index in [1.165, 1.54) is 6.92 Å². The lowest BCUT2D eigenvalue weighted by Crippen LogP contribution is -2.00. The molecule has 0 spiro atoms. The first kappa shape index (κ1) is 11.1. The summed E-state index contributed by atoms with van der Waals surface area (Å²) in [4.78, 5) is 15.7. The predicted octanol–water partition coefficient (Wildman–Crippen LogP) is 3.47. The minimum atomic E-state index is -0.0246. The highest BCUT2D eigenvalue weighted by atomic mass is 35.5. The van der Waals surface area contributed by atoms with Crippen LogP contribution < -0.4 is 0 Å². The molecule has 0 bridgehead atoms. The van der Waals surface area contributed by atoms with Crippen LogP contribution >= 0.6 is 11.6 Å². The van der Waals surface area contributed by atoms with Gasteiger partial charge in [-0.25, -0.2) is 4.98 Å². The van der Waals surface area contributed by atoms with E-state index in [9.17, 15) is 4.79 Å². The molecule has 0 aliphatic carbocycles. The monoisotopic (exact) mass is 236 g/mol. The largest absolute Gasteiger partial charge is 0.328 e. The SMILES string of the molecule is CC(=O)c1cc2c(cc1Cl)ncn2C(C)C. The summed E-state index contributed by atoms with van der Waals surface area (Å²) >= 11 is 6.02. The Morgan fingerprint density at radius 2 is 2.12 bits per heavy atom. The molecular weight excluding hydrogens is 224 g/mol. The zero-order valence-corrected chi connectivity index (χ0v) is 10.2. The number of ketones is 1. The van der Waals surface area contributed by atoms with Gasteiger partial charge in [-0.05, 0) is 32.9 Å². The van der Waals surface area contributed by atoms with Crippen LogP contribution in [0.1, 0.15) is 37.2 Å². The van der Waals surface area contributed by atoms with Gasteiger partial charge >= 0.3 is 0 Å². The molecule has 0 saturated heterocycles. The van der Waals surface area contributed by atoms with E-state index in [4.69, 9.17) is 11.6 Å². The maximum absolute atomic E-state index is 11.4. The van der Waals surface area contributed by atoms with Crippen LogP contribution in [0.15, 0.2) is 18.5 Å². The number of halogens is 1. The van der Waals surface area contributed by atoms with Crippen molar-refractivity contribution in [1.29, 1.82) is 0 Å². The minimum Gasteiger partial charge on any atom is -0.328 e. The lowest BCUT2D eigenvalue weighted by molar-refractivity contribution is 0.101. The summed E-state index contributed by atoms with van der Waals surface area (Å²) in [6.45, 7) is 5.66. The summed E-state index contributed by atoms with van der Waals surface area (Å²) in [6, 6.07) is 3.87. The Morgan fingerprint density at radius 3 is 2.69 bits per heavy atom. The van der Waals surface area contributed by atoms with Crippen molar-refractivity contribution in [3.8, 4) is 0 Å². The number of Topliss-reactive ketones (excluding diaryl/α,β-unsaturated/α-hetero) is 1. The third kappa shape index (κ3) is 1.71. The number of nitrogens with zero attached hydrogens (tertiary/aromatic N) is 2. The van der Waals surface area contributed by atoms with Crippen molar-refractivity contribution in [2.45, 2.75) is 26.8 Å². The van der Waals surface area contributed by atoms with E-state index in [1.807, 2.05) is 10.6 Å². The molecule has 84 valence electrons. The van der Waals surface area contributed by atoms with Crippen LogP contribution in [0.3, 0.4) is 0 Å². The van der Waals surface area contributed by atoms with Crippen LogP contribution in [-0.2, 0) is 0 Å². The minimum absolute atomic E-state index is 0.0246. The number of imidazole rings is 1. The van der Waals surface area contributed by atoms with Crippen LogP contribution in [0, 0.1) is 0 Å². The van der Waals surface area contributed by atoms with Gasteiger partial charge in [-0.1, -0.05) is 11.6 Å². The average molecular weight is 237 g/mol. The van der Waals surface area contributed by atoms with Gasteiger partial charge in [-0.15, -0.1) is 0 Å². The molecule has 0 atom stereocenters. The summed E-state index contributed by atoms with van der Waals surface area (Å²) in [7, 11) is 0. The standard InChI is InChI=1S/C12H13ClN2O/c1-7(2)15-6-14-11-5-10(13)9(8(3)16)4-12(11)15/h4-7H,1-3H3. The second-order valence-electron chi connectivity index (χ2n) is 4.12. The van der Waals surface area contributed by atoms with Crippen LogP contribution in [0.4, 0.5) is 0 Å². The zero-order chi connectivity index (χ0) is 11.9. The van der Waals surface area contributed by atoms with Gasteiger partial charge in [0.15, 0.2) is 5.78 Å². The lowest BCUT2D eigenvalue weighted by Gasteiger charge is -2.08. The molecule has 4 heteroatoms. The van der Waals surface area contributed by atoms with Gasteiger partial charge in [0.1, 0.15) is 0 Å². The van der Waals surface area contributed by atoms with Crippen molar-refractivity contribution in [3.05, 3.63) is 29.0 Å². The normalized spacial score (nSPS) is 11.3. The molecule has 0 radical (unpaired) electrons. The van der Waals surface area contributed by atoms with Crippen LogP contribution in [0.25, 0.3) is 11.0 Å². The Morgan fingerprint density at radius 1 is 1.44 bits per heavy atom. The Kier molecular flexibility index (Phi) is 2.72. The molecule has 1 aromatic carbocycles. The number of aromatic nitrogens is 2. The van der Waals surface area contributed by atoms with E-state index in [0.717, 1.165) is 11.0 Å². The molecule has 0 fully saturated rings. The second-order valence-corrected chi connectivity index (χ2v) is 4.53. The molecule has 3 nitrogen and oxygen atoms in total. The first-order chi connectivity index (χ1) is 7.50. The fraction of sp³-hybridized carbons (Fsp3) is 0.333. The summed E-state index contributed by atoms with van der Waals surface area (Å²) in [6.07, 6.45) is 1.77. The van der Waals surface area contributed by atoms with Crippen molar-refractivity contribution in [2.24, 2.45) is 0 Å². The maximum atomic E-state index is 11.4. The van der Waals surface area contributed by atoms with Crippen molar-refractivity contribution < 1.29 is 4.79 Å². The molecule has 0 amide bonds. The van der Waals surface area contributed by atoms with Crippen molar-refractivity contribution in [2.75, 3.05) is 0 Å². The Balaban J connectivity index is 2.74. The lowest BCUT2D eigenvalue weighted by atomic mass is 10.1. The molecule has 1 heterocycles. The second kappa shape index (κ2) is 3.91. The van der Waals surface area contributed by atoms with Gasteiger partial charge in [0.25, 0.3) is 0 Å². The van der Waals surface area contributed by atoms with Gasteiger partial charge in [0, 0.05) is 11.6 Å². The number of rotatable bonds is 2. The van der Waals surface area contributed by atoms with Gasteiger partial charge in [0.2, 0.25) is 0 Å². The van der Waals surface area contributed by atoms with Gasteiger partial charge in [-0.3, -0.25) is 4.79 Å². The molecule has 0 aliphatic rings. The summed E-state index contributed by atoms with van der Waals surface area (Å²) < 4.78 is 2.03. The van der Waals surface area contributed by atoms with E-state index < -0.39 is 0 Å². The summed E-state index contributed by atoms with van der Waals surface area (Å²) in [5, 5.41) is 0.467. The quantitative estimate of drug-likeness (QED) is 0.749. The molecule has 0 saturated carbocycles. The molecule has 2 aromatic rings. The predicted molar refractivity (Wildman–Crippen MR) is 65.1 cm³/mol. The first-order valence-electron chi connectivity index (χ1n) is 5.17. The molecule has 1 aromatic heterocycles. The first-order valence-corrected chi connectivity index (χ1v) is 5.55. The average Bonchev–Trinajstić information content (AvgIpc) is 2.58. The van der Waals surface area contributed by atoms with E-state index in [1.54, 1.807) is 12.4 Å². The number of hydrogen-bond donors (Lipinski definition) is 0. The van der Waals surface area contributed by atoms with Crippen LogP contribution in [0.2, 0.25) is 5.02 Å². The summed E-state index contributed by atoms with van der Waals surface area (Å²) in [5.41, 5.74) is 2.32. The Labute approximate surface area is 99.0 Å². The molecule has 0 N–H and O–H groups in total. The molecule has 0 unspecified atom stereocenters. The van der Waals surface area contributed by atoms with E-state index in [0.29, 0.717) is 16.6 Å². The summed E-state index contributed by atoms with van der Waals surface area (Å²) in [5.74, 6) is -0.0246. The van der Waals surface area contributed by atoms with Crippen molar-refractivity contribution >= 4 is 28.4 Å². The number of fused-ring (bicyclic) bond motifs is 1. The molecule has 0 aliphatic heterocycles. The number of hydrogen-bond acceptors (Lipinski definition) is 2. The van der Waals surface area contributed by atoms with Crippen LogP contribution in [-0.4, -0.2) is 15.3 Å². The number of benzene rings is 1. The third-order valence-corrected chi connectivity index (χ3v) is 2.91. The van der Waals surface area contributed by atoms with Gasteiger partial charge < -0.3 is 4.57 Å². The van der Waals surface area contributed by atoms with E-state index >= 15 is 0 Å². The highest BCUT2D eigenvalue weighted by Gasteiger charge is 2.12. The van der Waals surface area contributed by atoms with Crippen molar-refractivity contribution in [3.63, 3.8) is 0 Å². The van der Waals surface area contributed by atoms with E-state index in [2.05, 4.69) is 18.8 Å². The van der Waals surface area contributed by atoms with E-state index in [-0.39, 0.29) is 5.78 Å². The van der Waals surface area contributed by atoms with Crippen molar-refractivity contribution in [1.82, 2.24) is 9.55 Å². The van der Waals surface area contributed by atoms with Gasteiger partial charge in [0.05, 0.1) is 22.4 Å². The maximum Gasteiger partial charge on any atom is 0.161 e. The smallest absolute Gasteiger partial charge is 0.161 e. The fourth-order valence-corrected chi connectivity index (χ4v) is 2.02. The molecule has 16 heavy (non-hydrogen) atoms. The fourth-order valence-electron chi connectivity index (χ4n) is 1.73. The van der Waals surface area contributed by atoms with Gasteiger partial charge in [-0.2, -0.15) is 0 Å². The zero-order valence-electron chi connectivity index (χ0n) is 9.49. The number of carbonyl (C=O) groups is 1. The third-order valence-electron chi connectivity index (χ3n) is 2.60. The Bertz CT molecular complexity index is 557. The molecule has 2 rings (SSSR count). The topological polar surface area (TPSA) is 34.9 Å². The molecular formula is C12H13ClN2O. The highest BCUT2D eigenvalue weighted by molar-refractivity contribution is 6.34. The number of carbonyl (C=O) groups excluding carboxylic acids is 1. The highest BCUT2D eigenvalue weighted by Crippen LogP contribution is 2.25.